The zero-order chi connectivity index (χ0) is 21.8. The molecular formula is C25H23N5O2. The van der Waals surface area contributed by atoms with Crippen molar-refractivity contribution in [3.63, 3.8) is 0 Å². The molecular weight excluding hydrogens is 402 g/mol. The van der Waals surface area contributed by atoms with E-state index in [0.29, 0.717) is 29.0 Å². The maximum atomic E-state index is 13.3. The molecule has 0 radical (unpaired) electrons. The summed E-state index contributed by atoms with van der Waals surface area (Å²) < 4.78 is 6.16. The van der Waals surface area contributed by atoms with Crippen molar-refractivity contribution in [2.45, 2.75) is 25.6 Å². The van der Waals surface area contributed by atoms with E-state index in [1.807, 2.05) is 47.4 Å². The van der Waals surface area contributed by atoms with Crippen molar-refractivity contribution in [2.75, 3.05) is 6.54 Å². The number of carbonyl (C=O) groups excluding carboxylic acids is 1. The molecule has 1 saturated carbocycles. The first-order chi connectivity index (χ1) is 15.6. The van der Waals surface area contributed by atoms with Gasteiger partial charge in [0.15, 0.2) is 6.19 Å². The fourth-order valence-electron chi connectivity index (χ4n) is 5.48. The van der Waals surface area contributed by atoms with Gasteiger partial charge in [0.05, 0.1) is 5.69 Å². The largest absolute Gasteiger partial charge is 0.457 e. The summed E-state index contributed by atoms with van der Waals surface area (Å²) in [5, 5.41) is 16.9. The predicted octanol–water partition coefficient (Wildman–Crippen LogP) is 3.55. The Hall–Kier alpha value is -3.79. The summed E-state index contributed by atoms with van der Waals surface area (Å²) in [4.78, 5) is 16.9. The highest BCUT2D eigenvalue weighted by molar-refractivity contribution is 5.95. The van der Waals surface area contributed by atoms with Gasteiger partial charge in [-0.25, -0.2) is 0 Å². The molecule has 2 aliphatic heterocycles. The molecule has 0 bridgehead atoms. The number of rotatable bonds is 4. The average molecular weight is 425 g/mol. The van der Waals surface area contributed by atoms with E-state index in [-0.39, 0.29) is 24.0 Å². The van der Waals surface area contributed by atoms with Crippen LogP contribution in [0.25, 0.3) is 5.57 Å². The first kappa shape index (κ1) is 18.9. The number of amides is 1. The molecule has 5 atom stereocenters. The lowest BCUT2D eigenvalue weighted by Gasteiger charge is -2.60. The molecule has 7 nitrogen and oxygen atoms in total. The summed E-state index contributed by atoms with van der Waals surface area (Å²) >= 11 is 0. The Balaban J connectivity index is 1.27. The zero-order valence-electron chi connectivity index (χ0n) is 17.7. The topological polar surface area (TPSA) is 85.2 Å². The molecule has 1 aromatic carbocycles. The summed E-state index contributed by atoms with van der Waals surface area (Å²) in [7, 11) is 0. The van der Waals surface area contributed by atoms with Crippen molar-refractivity contribution in [3.05, 3.63) is 77.8 Å². The first-order valence-corrected chi connectivity index (χ1v) is 11.0. The summed E-state index contributed by atoms with van der Waals surface area (Å²) in [5.74, 6) is 2.53. The number of nitrogens with one attached hydrogen (secondary N) is 1. The lowest BCUT2D eigenvalue weighted by atomic mass is 9.63. The number of para-hydroxylation sites is 1. The molecule has 1 aromatic heterocycles. The number of hydrogen-bond donors (Lipinski definition) is 1. The molecule has 0 spiro atoms. The number of nitrogens with zero attached hydrogens (tertiary/aromatic N) is 4. The highest BCUT2D eigenvalue weighted by Crippen LogP contribution is 2.57. The first-order valence-electron chi connectivity index (χ1n) is 11.0. The number of carbonyl (C=O) groups is 1. The van der Waals surface area contributed by atoms with Crippen LogP contribution in [0.4, 0.5) is 0 Å². The number of aromatic amines is 1. The van der Waals surface area contributed by atoms with Gasteiger partial charge in [0.2, 0.25) is 0 Å². The monoisotopic (exact) mass is 425 g/mol. The average Bonchev–Trinajstić information content (AvgIpc) is 3.23. The Morgan fingerprint density at radius 3 is 2.97 bits per heavy atom. The fraction of sp³-hybridized carbons (Fsp3) is 0.320. The smallest absolute Gasteiger partial charge is 0.273 e. The Morgan fingerprint density at radius 2 is 2.16 bits per heavy atom. The maximum Gasteiger partial charge on any atom is 0.273 e. The van der Waals surface area contributed by atoms with Crippen LogP contribution in [-0.4, -0.2) is 44.7 Å². The van der Waals surface area contributed by atoms with E-state index in [1.165, 1.54) is 0 Å². The number of benzene rings is 1. The highest BCUT2D eigenvalue weighted by Gasteiger charge is 2.67. The number of likely N-dealkylation sites (tertiary alicyclic amines) is 2. The molecule has 2 saturated heterocycles. The van der Waals surface area contributed by atoms with Gasteiger partial charge >= 0.3 is 0 Å². The van der Waals surface area contributed by atoms with E-state index in [9.17, 15) is 10.1 Å². The van der Waals surface area contributed by atoms with Crippen molar-refractivity contribution >= 4 is 11.5 Å². The van der Waals surface area contributed by atoms with Crippen LogP contribution in [0.15, 0.2) is 66.5 Å². The van der Waals surface area contributed by atoms with Crippen LogP contribution in [0.1, 0.15) is 29.5 Å². The maximum absolute atomic E-state index is 13.3. The summed E-state index contributed by atoms with van der Waals surface area (Å²) in [6, 6.07) is 11.7. The van der Waals surface area contributed by atoms with Crippen LogP contribution in [0, 0.1) is 29.2 Å². The summed E-state index contributed by atoms with van der Waals surface area (Å²) in [6.45, 7) is 2.86. The Kier molecular flexibility index (Phi) is 4.22. The van der Waals surface area contributed by atoms with Crippen LogP contribution >= 0.6 is 0 Å². The van der Waals surface area contributed by atoms with E-state index in [4.69, 9.17) is 4.74 Å². The highest BCUT2D eigenvalue weighted by atomic mass is 16.5. The van der Waals surface area contributed by atoms with Gasteiger partial charge in [-0.3, -0.25) is 14.8 Å². The molecule has 160 valence electrons. The number of ether oxygens (including phenoxy) is 1. The SMILES string of the molecule is CC1C=CC=C(Oc2ccccc2)C(c2cc(C(=O)N3C4CC5CN(C#N)C3C54)[nH]n2)=C1. The fourth-order valence-corrected chi connectivity index (χ4v) is 5.48. The molecule has 3 heterocycles. The van der Waals surface area contributed by atoms with Crippen molar-refractivity contribution in [3.8, 4) is 11.9 Å². The van der Waals surface area contributed by atoms with Crippen LogP contribution in [0.5, 0.6) is 5.75 Å². The Bertz CT molecular complexity index is 1200. The van der Waals surface area contributed by atoms with E-state index in [2.05, 4.69) is 35.5 Å². The van der Waals surface area contributed by atoms with Gasteiger partial charge in [0.1, 0.15) is 23.4 Å². The standard InChI is InChI=1S/C25H23N5O2/c1-15-6-5-9-22(32-17-7-3-2-4-8-17)18(10-15)19-12-20(28-27-19)25(31)30-21-11-16-13-29(14-26)24(30)23(16)21/h2-10,12,15-16,21,23-24H,11,13H2,1H3,(H,27,28). The minimum absolute atomic E-state index is 0.0921. The molecule has 2 aromatic rings. The lowest BCUT2D eigenvalue weighted by molar-refractivity contribution is -0.120. The summed E-state index contributed by atoms with van der Waals surface area (Å²) in [5.41, 5.74) is 1.95. The molecule has 5 unspecified atom stereocenters. The molecule has 32 heavy (non-hydrogen) atoms. The third-order valence-electron chi connectivity index (χ3n) is 7.05. The molecule has 3 fully saturated rings. The van der Waals surface area contributed by atoms with Crippen molar-refractivity contribution < 1.29 is 9.53 Å². The van der Waals surface area contributed by atoms with Gasteiger partial charge in [0.25, 0.3) is 5.91 Å². The second-order valence-corrected chi connectivity index (χ2v) is 8.96. The third kappa shape index (κ3) is 2.79. The number of H-pyrrole nitrogens is 1. The van der Waals surface area contributed by atoms with E-state index in [0.717, 1.165) is 24.3 Å². The van der Waals surface area contributed by atoms with Crippen molar-refractivity contribution in [2.24, 2.45) is 17.8 Å². The summed E-state index contributed by atoms with van der Waals surface area (Å²) in [6.07, 6.45) is 11.2. The van der Waals surface area contributed by atoms with Crippen molar-refractivity contribution in [1.29, 1.82) is 5.26 Å². The number of nitriles is 1. The lowest BCUT2D eigenvalue weighted by Crippen LogP contribution is -2.72. The van der Waals surface area contributed by atoms with Gasteiger partial charge in [-0.1, -0.05) is 43.4 Å². The molecule has 7 heteroatoms. The second kappa shape index (κ2) is 7.13. The number of allylic oxidation sites excluding steroid dienone is 5. The molecule has 4 aliphatic rings. The molecule has 6 rings (SSSR count). The predicted molar refractivity (Wildman–Crippen MR) is 118 cm³/mol. The minimum atomic E-state index is -0.0961. The second-order valence-electron chi connectivity index (χ2n) is 8.96. The number of aromatic nitrogens is 2. The third-order valence-corrected chi connectivity index (χ3v) is 7.05. The molecule has 1 amide bonds. The quantitative estimate of drug-likeness (QED) is 0.758. The van der Waals surface area contributed by atoms with E-state index < -0.39 is 0 Å². The van der Waals surface area contributed by atoms with Crippen LogP contribution in [0.2, 0.25) is 0 Å². The van der Waals surface area contributed by atoms with Gasteiger partial charge in [-0.15, -0.1) is 0 Å². The van der Waals surface area contributed by atoms with Crippen LogP contribution < -0.4 is 4.74 Å². The van der Waals surface area contributed by atoms with Crippen LogP contribution in [-0.2, 0) is 0 Å². The van der Waals surface area contributed by atoms with Crippen LogP contribution in [0.3, 0.4) is 0 Å². The Labute approximate surface area is 186 Å². The van der Waals surface area contributed by atoms with E-state index >= 15 is 0 Å². The number of hydrogen-bond acceptors (Lipinski definition) is 5. The molecule has 2 aliphatic carbocycles. The van der Waals surface area contributed by atoms with Crippen molar-refractivity contribution in [1.82, 2.24) is 20.0 Å². The van der Waals surface area contributed by atoms with Gasteiger partial charge in [-0.2, -0.15) is 10.4 Å². The van der Waals surface area contributed by atoms with Gasteiger partial charge in [-0.05, 0) is 42.5 Å². The Morgan fingerprint density at radius 1 is 1.31 bits per heavy atom. The number of piperidine rings is 1. The minimum Gasteiger partial charge on any atom is -0.457 e. The van der Waals surface area contributed by atoms with E-state index in [1.54, 1.807) is 11.0 Å². The molecule has 1 N–H and O–H groups in total. The zero-order valence-corrected chi connectivity index (χ0v) is 17.7. The van der Waals surface area contributed by atoms with Gasteiger partial charge in [0, 0.05) is 24.1 Å². The normalized spacial score (nSPS) is 29.7. The van der Waals surface area contributed by atoms with Gasteiger partial charge < -0.3 is 9.64 Å².